The predicted octanol–water partition coefficient (Wildman–Crippen LogP) is 5.78. The Labute approximate surface area is 131 Å². The lowest BCUT2D eigenvalue weighted by Crippen LogP contribution is -1.91. The predicted molar refractivity (Wildman–Crippen MR) is 82.6 cm³/mol. The van der Waals surface area contributed by atoms with Crippen molar-refractivity contribution in [2.75, 3.05) is 7.11 Å². The Hall–Kier alpha value is -0.520. The molecule has 0 fully saturated rings. The summed E-state index contributed by atoms with van der Waals surface area (Å²) in [7, 11) is 1.61. The third-order valence-electron chi connectivity index (χ3n) is 2.25. The van der Waals surface area contributed by atoms with Gasteiger partial charge in [0.15, 0.2) is 11.5 Å². The van der Waals surface area contributed by atoms with Crippen LogP contribution < -0.4 is 9.47 Å². The van der Waals surface area contributed by atoms with Crippen molar-refractivity contribution >= 4 is 47.8 Å². The number of ether oxygens (including phenoxy) is 2. The Morgan fingerprint density at radius 2 is 1.67 bits per heavy atom. The molecule has 18 heavy (non-hydrogen) atoms. The highest BCUT2D eigenvalue weighted by Crippen LogP contribution is 2.39. The summed E-state index contributed by atoms with van der Waals surface area (Å²) in [4.78, 5) is 0. The van der Waals surface area contributed by atoms with E-state index in [1.165, 1.54) is 0 Å². The fraction of sp³-hybridized carbons (Fsp3) is 0.0769. The van der Waals surface area contributed by atoms with Gasteiger partial charge >= 0.3 is 0 Å². The van der Waals surface area contributed by atoms with Crippen molar-refractivity contribution in [1.29, 1.82) is 0 Å². The standard InChI is InChI=1S/C13H9Br3O2/c1-17-13-9(15)3-2-4-12(13)18-11-6-5-8(14)7-10(11)16/h2-7H,1H3. The van der Waals surface area contributed by atoms with E-state index in [4.69, 9.17) is 9.47 Å². The van der Waals surface area contributed by atoms with E-state index in [-0.39, 0.29) is 0 Å². The molecule has 2 rings (SSSR count). The van der Waals surface area contributed by atoms with Crippen LogP contribution in [0.25, 0.3) is 0 Å². The average molecular weight is 437 g/mol. The zero-order valence-electron chi connectivity index (χ0n) is 9.41. The lowest BCUT2D eigenvalue weighted by molar-refractivity contribution is 0.376. The monoisotopic (exact) mass is 434 g/mol. The van der Waals surface area contributed by atoms with Gasteiger partial charge in [0.2, 0.25) is 0 Å². The normalized spacial score (nSPS) is 10.2. The molecule has 0 aromatic heterocycles. The molecule has 0 amide bonds. The molecule has 2 aromatic carbocycles. The fourth-order valence-electron chi connectivity index (χ4n) is 1.44. The zero-order chi connectivity index (χ0) is 13.1. The van der Waals surface area contributed by atoms with E-state index in [0.717, 1.165) is 19.2 Å². The molecule has 0 aliphatic rings. The first-order chi connectivity index (χ1) is 8.61. The van der Waals surface area contributed by atoms with Crippen molar-refractivity contribution in [3.63, 3.8) is 0 Å². The third kappa shape index (κ3) is 3.08. The smallest absolute Gasteiger partial charge is 0.175 e. The molecule has 2 aromatic rings. The Morgan fingerprint density at radius 1 is 0.889 bits per heavy atom. The SMILES string of the molecule is COc1c(Br)cccc1Oc1ccc(Br)cc1Br. The molecule has 0 aliphatic carbocycles. The number of halogens is 3. The van der Waals surface area contributed by atoms with Gasteiger partial charge in [-0.1, -0.05) is 22.0 Å². The van der Waals surface area contributed by atoms with Crippen LogP contribution in [0.3, 0.4) is 0 Å². The molecule has 0 saturated heterocycles. The summed E-state index contributed by atoms with van der Waals surface area (Å²) >= 11 is 10.3. The summed E-state index contributed by atoms with van der Waals surface area (Å²) in [6.07, 6.45) is 0. The second-order valence-corrected chi connectivity index (χ2v) is 6.07. The summed E-state index contributed by atoms with van der Waals surface area (Å²) in [6, 6.07) is 11.4. The molecule has 0 unspecified atom stereocenters. The second kappa shape index (κ2) is 6.08. The molecule has 0 heterocycles. The minimum Gasteiger partial charge on any atom is -0.492 e. The first-order valence-corrected chi connectivity index (χ1v) is 7.45. The molecule has 5 heteroatoms. The zero-order valence-corrected chi connectivity index (χ0v) is 14.2. The molecule has 2 nitrogen and oxygen atoms in total. The lowest BCUT2D eigenvalue weighted by atomic mass is 10.3. The van der Waals surface area contributed by atoms with Crippen LogP contribution >= 0.6 is 47.8 Å². The quantitative estimate of drug-likeness (QED) is 0.607. The minimum absolute atomic E-state index is 0.662. The Bertz CT molecular complexity index is 570. The number of methoxy groups -OCH3 is 1. The van der Waals surface area contributed by atoms with Crippen LogP contribution in [-0.2, 0) is 0 Å². The summed E-state index contributed by atoms with van der Waals surface area (Å²) in [5, 5.41) is 0. The summed E-state index contributed by atoms with van der Waals surface area (Å²) < 4.78 is 13.9. The topological polar surface area (TPSA) is 18.5 Å². The van der Waals surface area contributed by atoms with Gasteiger partial charge in [-0.15, -0.1) is 0 Å². The van der Waals surface area contributed by atoms with Crippen LogP contribution in [0.5, 0.6) is 17.2 Å². The highest BCUT2D eigenvalue weighted by molar-refractivity contribution is 9.11. The highest BCUT2D eigenvalue weighted by atomic mass is 79.9. The van der Waals surface area contributed by atoms with E-state index in [1.54, 1.807) is 7.11 Å². The lowest BCUT2D eigenvalue weighted by Gasteiger charge is -2.12. The maximum absolute atomic E-state index is 5.84. The van der Waals surface area contributed by atoms with Crippen molar-refractivity contribution < 1.29 is 9.47 Å². The van der Waals surface area contributed by atoms with Gasteiger partial charge < -0.3 is 9.47 Å². The van der Waals surface area contributed by atoms with Gasteiger partial charge in [0, 0.05) is 4.47 Å². The maximum Gasteiger partial charge on any atom is 0.175 e. The van der Waals surface area contributed by atoms with Gasteiger partial charge in [-0.3, -0.25) is 0 Å². The van der Waals surface area contributed by atoms with E-state index >= 15 is 0 Å². The second-order valence-electron chi connectivity index (χ2n) is 3.45. The van der Waals surface area contributed by atoms with Crippen LogP contribution in [0.15, 0.2) is 49.8 Å². The van der Waals surface area contributed by atoms with E-state index in [9.17, 15) is 0 Å². The van der Waals surface area contributed by atoms with Crippen LogP contribution in [-0.4, -0.2) is 7.11 Å². The number of para-hydroxylation sites is 1. The summed E-state index contributed by atoms with van der Waals surface area (Å²) in [5.74, 6) is 2.07. The Morgan fingerprint density at radius 3 is 2.33 bits per heavy atom. The molecule has 0 N–H and O–H groups in total. The first-order valence-electron chi connectivity index (χ1n) is 5.07. The average Bonchev–Trinajstić information content (AvgIpc) is 2.33. The van der Waals surface area contributed by atoms with Crippen LogP contribution in [0.4, 0.5) is 0 Å². The Kier molecular flexibility index (Phi) is 4.70. The van der Waals surface area contributed by atoms with E-state index in [1.807, 2.05) is 36.4 Å². The molecule has 0 aliphatic heterocycles. The largest absolute Gasteiger partial charge is 0.492 e. The van der Waals surface area contributed by atoms with Gasteiger partial charge in [-0.25, -0.2) is 0 Å². The van der Waals surface area contributed by atoms with Crippen molar-refractivity contribution in [2.45, 2.75) is 0 Å². The molecule has 94 valence electrons. The van der Waals surface area contributed by atoms with Crippen LogP contribution in [0.1, 0.15) is 0 Å². The van der Waals surface area contributed by atoms with Gasteiger partial charge in [0.05, 0.1) is 16.1 Å². The van der Waals surface area contributed by atoms with Crippen LogP contribution in [0, 0.1) is 0 Å². The number of hydrogen-bond donors (Lipinski definition) is 0. The molecule has 0 atom stereocenters. The van der Waals surface area contributed by atoms with Crippen molar-refractivity contribution in [3.05, 3.63) is 49.8 Å². The molecular weight excluding hydrogens is 428 g/mol. The summed E-state index contributed by atoms with van der Waals surface area (Å²) in [6.45, 7) is 0. The van der Waals surface area contributed by atoms with E-state index < -0.39 is 0 Å². The van der Waals surface area contributed by atoms with Crippen molar-refractivity contribution in [1.82, 2.24) is 0 Å². The maximum atomic E-state index is 5.84. The van der Waals surface area contributed by atoms with Crippen LogP contribution in [0.2, 0.25) is 0 Å². The molecule has 0 saturated carbocycles. The number of benzene rings is 2. The van der Waals surface area contributed by atoms with Crippen molar-refractivity contribution in [3.8, 4) is 17.2 Å². The fourth-order valence-corrected chi connectivity index (χ4v) is 3.08. The minimum atomic E-state index is 0.662. The van der Waals surface area contributed by atoms with E-state index in [0.29, 0.717) is 11.5 Å². The molecule has 0 bridgehead atoms. The Balaban J connectivity index is 2.37. The van der Waals surface area contributed by atoms with Gasteiger partial charge in [-0.05, 0) is 62.2 Å². The molecule has 0 spiro atoms. The summed E-state index contributed by atoms with van der Waals surface area (Å²) in [5.41, 5.74) is 0. The van der Waals surface area contributed by atoms with Gasteiger partial charge in [0.1, 0.15) is 5.75 Å². The van der Waals surface area contributed by atoms with Gasteiger partial charge in [-0.2, -0.15) is 0 Å². The number of hydrogen-bond acceptors (Lipinski definition) is 2. The molecule has 0 radical (unpaired) electrons. The van der Waals surface area contributed by atoms with E-state index in [2.05, 4.69) is 47.8 Å². The van der Waals surface area contributed by atoms with Gasteiger partial charge in [0.25, 0.3) is 0 Å². The number of rotatable bonds is 3. The molecular formula is C13H9Br3O2. The highest BCUT2D eigenvalue weighted by Gasteiger charge is 2.10. The first kappa shape index (κ1) is 13.9. The third-order valence-corrected chi connectivity index (χ3v) is 3.99. The van der Waals surface area contributed by atoms with Crippen molar-refractivity contribution in [2.24, 2.45) is 0 Å².